The Morgan fingerprint density at radius 1 is 1.58 bits per heavy atom. The van der Waals surface area contributed by atoms with Crippen LogP contribution in [-0.4, -0.2) is 32.2 Å². The van der Waals surface area contributed by atoms with Crippen LogP contribution < -0.4 is 10.6 Å². The van der Waals surface area contributed by atoms with Crippen LogP contribution in [0.1, 0.15) is 25.6 Å². The first kappa shape index (κ1) is 13.4. The minimum Gasteiger partial charge on any atom is -0.480 e. The van der Waals surface area contributed by atoms with E-state index in [4.69, 9.17) is 0 Å². The number of carboxylic acid groups (broad SMARTS) is 1. The van der Waals surface area contributed by atoms with Crippen LogP contribution in [0.5, 0.6) is 0 Å². The Bertz CT molecular complexity index is 495. The van der Waals surface area contributed by atoms with E-state index in [0.29, 0.717) is 5.82 Å². The van der Waals surface area contributed by atoms with Crippen molar-refractivity contribution in [3.63, 3.8) is 0 Å². The second kappa shape index (κ2) is 4.91. The van der Waals surface area contributed by atoms with Crippen LogP contribution in [0.3, 0.4) is 0 Å². The number of aromatic nitrogens is 2. The zero-order valence-electron chi connectivity index (χ0n) is 11.0. The fraction of sp³-hybridized carbons (Fsp3) is 0.583. The first-order chi connectivity index (χ1) is 8.93. The normalized spacial score (nSPS) is 17.6. The number of imidazole rings is 1. The number of nitrogens with one attached hydrogen (secondary N) is 2. The second-order valence-electron chi connectivity index (χ2n) is 5.04. The highest BCUT2D eigenvalue weighted by Gasteiger charge is 2.48. The molecule has 104 valence electrons. The lowest BCUT2D eigenvalue weighted by Crippen LogP contribution is -2.56. The van der Waals surface area contributed by atoms with Crippen molar-refractivity contribution in [2.75, 3.05) is 0 Å². The van der Waals surface area contributed by atoms with Gasteiger partial charge in [0.25, 0.3) is 0 Å². The Labute approximate surface area is 111 Å². The molecular weight excluding hydrogens is 248 g/mol. The predicted molar refractivity (Wildman–Crippen MR) is 67.3 cm³/mol. The molecule has 2 rings (SSSR count). The number of amides is 2. The van der Waals surface area contributed by atoms with E-state index in [2.05, 4.69) is 15.6 Å². The largest absolute Gasteiger partial charge is 0.480 e. The van der Waals surface area contributed by atoms with Crippen LogP contribution in [0.15, 0.2) is 12.4 Å². The molecule has 0 bridgehead atoms. The summed E-state index contributed by atoms with van der Waals surface area (Å²) in [5.41, 5.74) is -1.19. The molecule has 1 saturated carbocycles. The molecule has 1 heterocycles. The van der Waals surface area contributed by atoms with Crippen molar-refractivity contribution in [1.82, 2.24) is 20.2 Å². The molecule has 7 nitrogen and oxygen atoms in total. The Kier molecular flexibility index (Phi) is 3.46. The fourth-order valence-electron chi connectivity index (χ4n) is 2.00. The number of aliphatic carboxylic acids is 1. The molecule has 1 atom stereocenters. The van der Waals surface area contributed by atoms with Gasteiger partial charge in [0.1, 0.15) is 11.4 Å². The van der Waals surface area contributed by atoms with Crippen molar-refractivity contribution in [3.05, 3.63) is 18.2 Å². The Morgan fingerprint density at radius 3 is 2.74 bits per heavy atom. The van der Waals surface area contributed by atoms with Crippen LogP contribution in [0.2, 0.25) is 0 Å². The Morgan fingerprint density at radius 2 is 2.26 bits per heavy atom. The molecule has 3 N–H and O–H groups in total. The van der Waals surface area contributed by atoms with E-state index in [1.165, 1.54) is 0 Å². The number of carboxylic acids is 1. The van der Waals surface area contributed by atoms with E-state index < -0.39 is 17.5 Å². The fourth-order valence-corrected chi connectivity index (χ4v) is 2.00. The minimum absolute atomic E-state index is 0.0175. The molecular formula is C12H18N4O3. The molecule has 0 saturated heterocycles. The summed E-state index contributed by atoms with van der Waals surface area (Å²) >= 11 is 0. The number of aryl methyl sites for hydroxylation is 1. The summed E-state index contributed by atoms with van der Waals surface area (Å²) in [6.07, 6.45) is 5.09. The monoisotopic (exact) mass is 266 g/mol. The summed E-state index contributed by atoms with van der Waals surface area (Å²) in [5.74, 6) is -0.273. The molecule has 1 unspecified atom stereocenters. The molecule has 1 aromatic heterocycles. The van der Waals surface area contributed by atoms with Gasteiger partial charge in [-0.05, 0) is 25.7 Å². The Balaban J connectivity index is 1.90. The lowest BCUT2D eigenvalue weighted by atomic mass is 9.96. The molecule has 19 heavy (non-hydrogen) atoms. The molecule has 2 amide bonds. The van der Waals surface area contributed by atoms with Gasteiger partial charge in [-0.2, -0.15) is 0 Å². The van der Waals surface area contributed by atoms with Gasteiger partial charge in [0.05, 0.1) is 6.54 Å². The van der Waals surface area contributed by atoms with Crippen LogP contribution in [0.25, 0.3) is 0 Å². The van der Waals surface area contributed by atoms with Crippen LogP contribution in [-0.2, 0) is 18.4 Å². The SMILES string of the molecule is Cn1ccnc1CNC(=O)NC(C)(C(=O)O)C1CC1. The van der Waals surface area contributed by atoms with E-state index in [1.54, 1.807) is 23.9 Å². The second-order valence-corrected chi connectivity index (χ2v) is 5.04. The predicted octanol–water partition coefficient (Wildman–Crippen LogP) is 0.473. The highest BCUT2D eigenvalue weighted by Crippen LogP contribution is 2.39. The maximum Gasteiger partial charge on any atom is 0.329 e. The van der Waals surface area contributed by atoms with E-state index >= 15 is 0 Å². The average molecular weight is 266 g/mol. The summed E-state index contributed by atoms with van der Waals surface area (Å²) < 4.78 is 1.79. The molecule has 0 aliphatic heterocycles. The number of nitrogens with zero attached hydrogens (tertiary/aromatic N) is 2. The molecule has 0 radical (unpaired) electrons. The number of hydrogen-bond donors (Lipinski definition) is 3. The van der Waals surface area contributed by atoms with Crippen molar-refractivity contribution in [3.8, 4) is 0 Å². The highest BCUT2D eigenvalue weighted by molar-refractivity contribution is 5.86. The molecule has 1 aliphatic rings. The van der Waals surface area contributed by atoms with Gasteiger partial charge in [-0.15, -0.1) is 0 Å². The first-order valence-corrected chi connectivity index (χ1v) is 6.19. The number of carbonyl (C=O) groups excluding carboxylic acids is 1. The van der Waals surface area contributed by atoms with Gasteiger partial charge in [0, 0.05) is 19.4 Å². The summed E-state index contributed by atoms with van der Waals surface area (Å²) in [4.78, 5) is 27.1. The van der Waals surface area contributed by atoms with Crippen molar-refractivity contribution >= 4 is 12.0 Å². The van der Waals surface area contributed by atoms with Crippen molar-refractivity contribution in [2.24, 2.45) is 13.0 Å². The number of hydrogen-bond acceptors (Lipinski definition) is 3. The van der Waals surface area contributed by atoms with Gasteiger partial charge >= 0.3 is 12.0 Å². The quantitative estimate of drug-likeness (QED) is 0.722. The van der Waals surface area contributed by atoms with E-state index in [-0.39, 0.29) is 12.5 Å². The number of rotatable bonds is 5. The molecule has 1 fully saturated rings. The van der Waals surface area contributed by atoms with Crippen molar-refractivity contribution in [1.29, 1.82) is 0 Å². The maximum atomic E-state index is 11.8. The average Bonchev–Trinajstić information content (AvgIpc) is 3.11. The zero-order chi connectivity index (χ0) is 14.0. The lowest BCUT2D eigenvalue weighted by Gasteiger charge is -2.26. The van der Waals surface area contributed by atoms with Crippen molar-refractivity contribution < 1.29 is 14.7 Å². The summed E-state index contributed by atoms with van der Waals surface area (Å²) in [7, 11) is 1.83. The van der Waals surface area contributed by atoms with Gasteiger partial charge in [-0.1, -0.05) is 0 Å². The summed E-state index contributed by atoms with van der Waals surface area (Å²) in [5, 5.41) is 14.4. The third-order valence-corrected chi connectivity index (χ3v) is 3.54. The van der Waals surface area contributed by atoms with E-state index in [0.717, 1.165) is 12.8 Å². The minimum atomic E-state index is -1.19. The standard InChI is InChI=1S/C12H18N4O3/c1-12(10(17)18,8-3-4-8)15-11(19)14-7-9-13-5-6-16(9)2/h5-6,8H,3-4,7H2,1-2H3,(H,17,18)(H2,14,15,19). The van der Waals surface area contributed by atoms with Gasteiger partial charge in [0.15, 0.2) is 0 Å². The smallest absolute Gasteiger partial charge is 0.329 e. The van der Waals surface area contributed by atoms with Crippen molar-refractivity contribution in [2.45, 2.75) is 31.8 Å². The van der Waals surface area contributed by atoms with Crippen LogP contribution >= 0.6 is 0 Å². The summed E-state index contributed by atoms with van der Waals surface area (Å²) in [6.45, 7) is 1.81. The zero-order valence-corrected chi connectivity index (χ0v) is 11.0. The molecule has 0 aromatic carbocycles. The van der Waals surface area contributed by atoms with Crippen LogP contribution in [0, 0.1) is 5.92 Å². The number of urea groups is 1. The third-order valence-electron chi connectivity index (χ3n) is 3.54. The Hall–Kier alpha value is -2.05. The van der Waals surface area contributed by atoms with Gasteiger partial charge in [0.2, 0.25) is 0 Å². The van der Waals surface area contributed by atoms with Gasteiger partial charge in [-0.3, -0.25) is 0 Å². The highest BCUT2D eigenvalue weighted by atomic mass is 16.4. The van der Waals surface area contributed by atoms with Gasteiger partial charge < -0.3 is 20.3 Å². The van der Waals surface area contributed by atoms with Crippen LogP contribution in [0.4, 0.5) is 4.79 Å². The lowest BCUT2D eigenvalue weighted by molar-refractivity contribution is -0.144. The van der Waals surface area contributed by atoms with E-state index in [9.17, 15) is 14.7 Å². The van der Waals surface area contributed by atoms with Gasteiger partial charge in [-0.25, -0.2) is 14.6 Å². The summed E-state index contributed by atoms with van der Waals surface area (Å²) in [6, 6.07) is -0.486. The first-order valence-electron chi connectivity index (χ1n) is 6.19. The number of carbonyl (C=O) groups is 2. The molecule has 0 spiro atoms. The maximum absolute atomic E-state index is 11.8. The van der Waals surface area contributed by atoms with E-state index in [1.807, 2.05) is 7.05 Å². The topological polar surface area (TPSA) is 96.3 Å². The molecule has 1 aromatic rings. The molecule has 1 aliphatic carbocycles. The third kappa shape index (κ3) is 2.86. The molecule has 7 heteroatoms.